The second kappa shape index (κ2) is 3.68. The van der Waals surface area contributed by atoms with Crippen molar-refractivity contribution in [3.8, 4) is 0 Å². The minimum Gasteiger partial charge on any atom is -0.477 e. The predicted molar refractivity (Wildman–Crippen MR) is 60.0 cm³/mol. The number of nitrogens with zero attached hydrogens (tertiary/aromatic N) is 1. The van der Waals surface area contributed by atoms with Crippen LogP contribution in [0.1, 0.15) is 47.8 Å². The lowest BCUT2D eigenvalue weighted by Gasteiger charge is -2.20. The summed E-state index contributed by atoms with van der Waals surface area (Å²) in [6.45, 7) is 0. The van der Waals surface area contributed by atoms with Crippen LogP contribution >= 0.6 is 0 Å². The Bertz CT molecular complexity index is 523. The number of aromatic amines is 1. The Morgan fingerprint density at radius 2 is 2.24 bits per heavy atom. The maximum Gasteiger partial charge on any atom is 0.342 e. The van der Waals surface area contributed by atoms with Crippen LogP contribution in [-0.2, 0) is 0 Å². The van der Waals surface area contributed by atoms with Crippen molar-refractivity contribution in [2.24, 2.45) is 11.8 Å². The van der Waals surface area contributed by atoms with Crippen molar-refractivity contribution in [2.45, 2.75) is 31.6 Å². The van der Waals surface area contributed by atoms with E-state index < -0.39 is 11.5 Å². The molecule has 5 nitrogen and oxygen atoms in total. The average molecular weight is 234 g/mol. The molecule has 2 aliphatic carbocycles. The van der Waals surface area contributed by atoms with Crippen molar-refractivity contribution >= 4 is 5.97 Å². The lowest BCUT2D eigenvalue weighted by Crippen LogP contribution is -2.23. The van der Waals surface area contributed by atoms with Crippen LogP contribution in [0.3, 0.4) is 0 Å². The zero-order chi connectivity index (χ0) is 12.0. The number of aromatic nitrogens is 2. The summed E-state index contributed by atoms with van der Waals surface area (Å²) in [6.07, 6.45) is 6.00. The largest absolute Gasteiger partial charge is 0.477 e. The summed E-state index contributed by atoms with van der Waals surface area (Å²) in [5.41, 5.74) is -0.817. The number of carboxylic acid groups (broad SMARTS) is 1. The summed E-state index contributed by atoms with van der Waals surface area (Å²) in [6, 6.07) is 0. The van der Waals surface area contributed by atoms with Gasteiger partial charge in [-0.25, -0.2) is 9.78 Å². The van der Waals surface area contributed by atoms with Crippen LogP contribution in [-0.4, -0.2) is 21.0 Å². The Balaban J connectivity index is 1.92. The van der Waals surface area contributed by atoms with Gasteiger partial charge in [-0.15, -0.1) is 0 Å². The fourth-order valence-electron chi connectivity index (χ4n) is 3.33. The third-order valence-corrected chi connectivity index (χ3v) is 4.14. The van der Waals surface area contributed by atoms with Gasteiger partial charge in [-0.2, -0.15) is 0 Å². The molecule has 1 aromatic heterocycles. The molecule has 1 aromatic rings. The van der Waals surface area contributed by atoms with Crippen molar-refractivity contribution < 1.29 is 9.90 Å². The van der Waals surface area contributed by atoms with Crippen molar-refractivity contribution in [3.05, 3.63) is 27.9 Å². The van der Waals surface area contributed by atoms with Gasteiger partial charge in [0.25, 0.3) is 5.56 Å². The maximum atomic E-state index is 11.6. The Morgan fingerprint density at radius 1 is 1.41 bits per heavy atom. The van der Waals surface area contributed by atoms with Gasteiger partial charge in [0.1, 0.15) is 11.4 Å². The van der Waals surface area contributed by atoms with Crippen molar-refractivity contribution in [1.82, 2.24) is 9.97 Å². The van der Waals surface area contributed by atoms with Crippen LogP contribution in [0.25, 0.3) is 0 Å². The highest BCUT2D eigenvalue weighted by Crippen LogP contribution is 2.51. The van der Waals surface area contributed by atoms with Gasteiger partial charge in [0.2, 0.25) is 0 Å². The van der Waals surface area contributed by atoms with E-state index in [1.807, 2.05) is 0 Å². The van der Waals surface area contributed by atoms with Gasteiger partial charge in [-0.3, -0.25) is 4.79 Å². The molecular weight excluding hydrogens is 220 g/mol. The molecule has 3 unspecified atom stereocenters. The molecule has 0 aromatic carbocycles. The minimum atomic E-state index is -1.22. The van der Waals surface area contributed by atoms with E-state index in [0.717, 1.165) is 12.3 Å². The monoisotopic (exact) mass is 234 g/mol. The maximum absolute atomic E-state index is 11.6. The molecule has 0 saturated heterocycles. The van der Waals surface area contributed by atoms with Gasteiger partial charge < -0.3 is 10.1 Å². The number of hydrogen-bond donors (Lipinski definition) is 2. The SMILES string of the molecule is O=C(O)c1cnc(C2CC3CCC2C3)[nH]c1=O. The standard InChI is InChI=1S/C12H14N2O3/c15-11-9(12(16)17)5-13-10(14-11)8-4-6-1-2-7(8)3-6/h5-8H,1-4H2,(H,16,17)(H,13,14,15). The lowest BCUT2D eigenvalue weighted by molar-refractivity contribution is 0.0694. The van der Waals surface area contributed by atoms with Crippen molar-refractivity contribution in [1.29, 1.82) is 0 Å². The first-order chi connectivity index (χ1) is 8.15. The van der Waals surface area contributed by atoms with Gasteiger partial charge in [0.05, 0.1) is 0 Å². The second-order valence-corrected chi connectivity index (χ2v) is 5.10. The topological polar surface area (TPSA) is 83.0 Å². The molecule has 1 heterocycles. The number of carbonyl (C=O) groups is 1. The fraction of sp³-hybridized carbons (Fsp3) is 0.583. The number of fused-ring (bicyclic) bond motifs is 2. The summed E-state index contributed by atoms with van der Waals surface area (Å²) in [7, 11) is 0. The molecule has 5 heteroatoms. The molecule has 0 radical (unpaired) electrons. The normalized spacial score (nSPS) is 30.7. The summed E-state index contributed by atoms with van der Waals surface area (Å²) < 4.78 is 0. The molecule has 3 rings (SSSR count). The van der Waals surface area contributed by atoms with E-state index in [2.05, 4.69) is 9.97 Å². The first-order valence-electron chi connectivity index (χ1n) is 5.97. The van der Waals surface area contributed by atoms with Crippen molar-refractivity contribution in [3.63, 3.8) is 0 Å². The zero-order valence-electron chi connectivity index (χ0n) is 9.35. The number of nitrogens with one attached hydrogen (secondary N) is 1. The van der Waals surface area contributed by atoms with Gasteiger partial charge in [0.15, 0.2) is 0 Å². The van der Waals surface area contributed by atoms with Crippen LogP contribution in [0, 0.1) is 11.8 Å². The molecule has 0 spiro atoms. The lowest BCUT2D eigenvalue weighted by atomic mass is 9.88. The molecule has 90 valence electrons. The van der Waals surface area contributed by atoms with Gasteiger partial charge in [0, 0.05) is 12.1 Å². The molecule has 2 bridgehead atoms. The Kier molecular flexibility index (Phi) is 2.28. The van der Waals surface area contributed by atoms with Gasteiger partial charge >= 0.3 is 5.97 Å². The summed E-state index contributed by atoms with van der Waals surface area (Å²) in [5, 5.41) is 8.77. The highest BCUT2D eigenvalue weighted by molar-refractivity contribution is 5.86. The Hall–Kier alpha value is -1.65. The van der Waals surface area contributed by atoms with Crippen LogP contribution in [0.4, 0.5) is 0 Å². The highest BCUT2D eigenvalue weighted by atomic mass is 16.4. The quantitative estimate of drug-likeness (QED) is 0.809. The molecule has 0 amide bonds. The van der Waals surface area contributed by atoms with E-state index in [-0.39, 0.29) is 5.56 Å². The van der Waals surface area contributed by atoms with Crippen LogP contribution in [0.15, 0.2) is 11.0 Å². The summed E-state index contributed by atoms with van der Waals surface area (Å²) in [5.74, 6) is 1.17. The van der Waals surface area contributed by atoms with E-state index in [4.69, 9.17) is 5.11 Å². The third-order valence-electron chi connectivity index (χ3n) is 4.14. The zero-order valence-corrected chi connectivity index (χ0v) is 9.35. The van der Waals surface area contributed by atoms with Crippen LogP contribution in [0.5, 0.6) is 0 Å². The molecule has 2 fully saturated rings. The fourth-order valence-corrected chi connectivity index (χ4v) is 3.33. The average Bonchev–Trinajstić information content (AvgIpc) is 2.89. The van der Waals surface area contributed by atoms with E-state index in [0.29, 0.717) is 17.7 Å². The van der Waals surface area contributed by atoms with E-state index in [1.165, 1.54) is 25.5 Å². The third kappa shape index (κ3) is 1.66. The Morgan fingerprint density at radius 3 is 2.76 bits per heavy atom. The molecular formula is C12H14N2O3. The number of rotatable bonds is 2. The minimum absolute atomic E-state index is 0.281. The molecule has 2 aliphatic rings. The van der Waals surface area contributed by atoms with Crippen LogP contribution < -0.4 is 5.56 Å². The number of hydrogen-bond acceptors (Lipinski definition) is 3. The highest BCUT2D eigenvalue weighted by Gasteiger charge is 2.41. The molecule has 3 atom stereocenters. The number of carboxylic acids is 1. The van der Waals surface area contributed by atoms with Crippen LogP contribution in [0.2, 0.25) is 0 Å². The van der Waals surface area contributed by atoms with E-state index >= 15 is 0 Å². The van der Waals surface area contributed by atoms with E-state index in [9.17, 15) is 9.59 Å². The van der Waals surface area contributed by atoms with Crippen molar-refractivity contribution in [2.75, 3.05) is 0 Å². The number of aromatic carboxylic acids is 1. The smallest absolute Gasteiger partial charge is 0.342 e. The first kappa shape index (κ1) is 10.5. The molecule has 17 heavy (non-hydrogen) atoms. The second-order valence-electron chi connectivity index (χ2n) is 5.10. The molecule has 2 saturated carbocycles. The Labute approximate surface area is 97.9 Å². The van der Waals surface area contributed by atoms with Gasteiger partial charge in [-0.05, 0) is 31.1 Å². The molecule has 0 aliphatic heterocycles. The molecule has 2 N–H and O–H groups in total. The van der Waals surface area contributed by atoms with Gasteiger partial charge in [-0.1, -0.05) is 6.42 Å². The van der Waals surface area contributed by atoms with E-state index in [1.54, 1.807) is 0 Å². The summed E-state index contributed by atoms with van der Waals surface area (Å²) in [4.78, 5) is 29.1. The predicted octanol–water partition coefficient (Wildman–Crippen LogP) is 1.37. The first-order valence-corrected chi connectivity index (χ1v) is 5.97. The summed E-state index contributed by atoms with van der Waals surface area (Å²) >= 11 is 0. The number of H-pyrrole nitrogens is 1.